The lowest BCUT2D eigenvalue weighted by atomic mass is 9.76. The second-order valence-electron chi connectivity index (χ2n) is 5.30. The molecule has 0 atom stereocenters. The van der Waals surface area contributed by atoms with E-state index < -0.39 is 0 Å². The van der Waals surface area contributed by atoms with Crippen LogP contribution in [0.4, 0.5) is 0 Å². The molecular weight excluding hydrogens is 254 g/mol. The van der Waals surface area contributed by atoms with Gasteiger partial charge in [0.15, 0.2) is 0 Å². The first kappa shape index (κ1) is 13.8. The molecule has 0 bridgehead atoms. The zero-order valence-corrected chi connectivity index (χ0v) is 11.4. The van der Waals surface area contributed by atoms with Crippen molar-refractivity contribution in [3.63, 3.8) is 0 Å². The Bertz CT molecular complexity index is 306. The number of imide groups is 1. The number of likely N-dealkylation sites (tertiary alicyclic amines) is 1. The van der Waals surface area contributed by atoms with Crippen LogP contribution >= 0.6 is 11.6 Å². The SMILES string of the molecule is O=C1CC2(CCCC2)CC(=O)N1CCOCCCl. The average molecular weight is 274 g/mol. The Morgan fingerprint density at radius 1 is 1.11 bits per heavy atom. The van der Waals surface area contributed by atoms with Gasteiger partial charge in [0.25, 0.3) is 0 Å². The lowest BCUT2D eigenvalue weighted by Crippen LogP contribution is -2.48. The van der Waals surface area contributed by atoms with Gasteiger partial charge in [-0.3, -0.25) is 14.5 Å². The van der Waals surface area contributed by atoms with Gasteiger partial charge >= 0.3 is 0 Å². The van der Waals surface area contributed by atoms with Crippen molar-refractivity contribution < 1.29 is 14.3 Å². The maximum absolute atomic E-state index is 12.1. The van der Waals surface area contributed by atoms with E-state index >= 15 is 0 Å². The number of hydrogen-bond acceptors (Lipinski definition) is 3. The Kier molecular flexibility index (Phi) is 4.62. The Labute approximate surface area is 113 Å². The molecule has 102 valence electrons. The fraction of sp³-hybridized carbons (Fsp3) is 0.846. The van der Waals surface area contributed by atoms with Crippen LogP contribution in [0.3, 0.4) is 0 Å². The largest absolute Gasteiger partial charge is 0.378 e. The summed E-state index contributed by atoms with van der Waals surface area (Å²) in [7, 11) is 0. The molecule has 0 aromatic rings. The van der Waals surface area contributed by atoms with Crippen molar-refractivity contribution in [1.29, 1.82) is 0 Å². The van der Waals surface area contributed by atoms with E-state index in [0.717, 1.165) is 25.7 Å². The van der Waals surface area contributed by atoms with E-state index in [0.29, 0.717) is 38.5 Å². The van der Waals surface area contributed by atoms with Crippen LogP contribution in [-0.4, -0.2) is 42.4 Å². The minimum Gasteiger partial charge on any atom is -0.378 e. The molecule has 2 amide bonds. The van der Waals surface area contributed by atoms with Gasteiger partial charge in [-0.05, 0) is 18.3 Å². The summed E-state index contributed by atoms with van der Waals surface area (Å²) in [5.41, 5.74) is -0.0122. The number of rotatable bonds is 5. The van der Waals surface area contributed by atoms with Crippen LogP contribution in [0.2, 0.25) is 0 Å². The van der Waals surface area contributed by atoms with Crippen molar-refractivity contribution in [3.8, 4) is 0 Å². The molecule has 4 nitrogen and oxygen atoms in total. The summed E-state index contributed by atoms with van der Waals surface area (Å²) in [5, 5.41) is 0. The number of hydrogen-bond donors (Lipinski definition) is 0. The van der Waals surface area contributed by atoms with Crippen molar-refractivity contribution in [2.45, 2.75) is 38.5 Å². The highest BCUT2D eigenvalue weighted by atomic mass is 35.5. The first-order chi connectivity index (χ1) is 8.67. The summed E-state index contributed by atoms with van der Waals surface area (Å²) in [4.78, 5) is 25.5. The summed E-state index contributed by atoms with van der Waals surface area (Å²) in [5.74, 6) is 0.385. The highest BCUT2D eigenvalue weighted by molar-refractivity contribution is 6.17. The quantitative estimate of drug-likeness (QED) is 0.437. The third kappa shape index (κ3) is 3.04. The third-order valence-electron chi connectivity index (χ3n) is 4.00. The molecular formula is C13H20ClNO3. The highest BCUT2D eigenvalue weighted by Gasteiger charge is 2.44. The van der Waals surface area contributed by atoms with Gasteiger partial charge in [0.05, 0.1) is 19.8 Å². The van der Waals surface area contributed by atoms with Crippen LogP contribution in [-0.2, 0) is 14.3 Å². The molecule has 0 aromatic carbocycles. The normalized spacial score (nSPS) is 23.1. The van der Waals surface area contributed by atoms with E-state index in [-0.39, 0.29) is 17.2 Å². The van der Waals surface area contributed by atoms with E-state index in [1.165, 1.54) is 4.90 Å². The van der Waals surface area contributed by atoms with Crippen molar-refractivity contribution in [2.24, 2.45) is 5.41 Å². The molecule has 2 rings (SSSR count). The second-order valence-corrected chi connectivity index (χ2v) is 5.68. The molecule has 0 aromatic heterocycles. The molecule has 18 heavy (non-hydrogen) atoms. The van der Waals surface area contributed by atoms with E-state index in [1.54, 1.807) is 0 Å². The lowest BCUT2D eigenvalue weighted by molar-refractivity contribution is -0.154. The van der Waals surface area contributed by atoms with Crippen molar-refractivity contribution >= 4 is 23.4 Å². The standard InChI is InChI=1S/C13H20ClNO3/c14-5-7-18-8-6-15-11(16)9-13(10-12(15)17)3-1-2-4-13/h1-10H2. The summed E-state index contributed by atoms with van der Waals surface area (Å²) in [6.07, 6.45) is 5.43. The minimum atomic E-state index is -0.0253. The molecule has 2 fully saturated rings. The second kappa shape index (κ2) is 6.02. The van der Waals surface area contributed by atoms with Crippen molar-refractivity contribution in [3.05, 3.63) is 0 Å². The van der Waals surface area contributed by atoms with Crippen LogP contribution in [0.5, 0.6) is 0 Å². The topological polar surface area (TPSA) is 46.6 Å². The van der Waals surface area contributed by atoms with Gasteiger partial charge < -0.3 is 4.74 Å². The van der Waals surface area contributed by atoms with E-state index in [9.17, 15) is 9.59 Å². The zero-order valence-electron chi connectivity index (χ0n) is 10.6. The van der Waals surface area contributed by atoms with E-state index in [2.05, 4.69) is 0 Å². The van der Waals surface area contributed by atoms with Crippen molar-refractivity contribution in [1.82, 2.24) is 4.90 Å². The third-order valence-corrected chi connectivity index (χ3v) is 4.15. The van der Waals surface area contributed by atoms with Crippen LogP contribution in [0.1, 0.15) is 38.5 Å². The Morgan fingerprint density at radius 2 is 1.72 bits per heavy atom. The summed E-state index contributed by atoms with van der Waals surface area (Å²) in [6.45, 7) is 1.21. The van der Waals surface area contributed by atoms with Gasteiger partial charge in [-0.2, -0.15) is 0 Å². The fourth-order valence-corrected chi connectivity index (χ4v) is 3.18. The first-order valence-corrected chi connectivity index (χ1v) is 7.17. The van der Waals surface area contributed by atoms with Crippen LogP contribution in [0.15, 0.2) is 0 Å². The van der Waals surface area contributed by atoms with Gasteiger partial charge in [0.1, 0.15) is 0 Å². The van der Waals surface area contributed by atoms with Crippen LogP contribution in [0, 0.1) is 5.41 Å². The van der Waals surface area contributed by atoms with Crippen molar-refractivity contribution in [2.75, 3.05) is 25.6 Å². The molecule has 1 heterocycles. The first-order valence-electron chi connectivity index (χ1n) is 6.64. The maximum atomic E-state index is 12.1. The van der Waals surface area contributed by atoms with Crippen LogP contribution in [0.25, 0.3) is 0 Å². The monoisotopic (exact) mass is 273 g/mol. The van der Waals surface area contributed by atoms with Crippen LogP contribution < -0.4 is 0 Å². The molecule has 0 unspecified atom stereocenters. The number of carbonyl (C=O) groups is 2. The predicted octanol–water partition coefficient (Wildman–Crippen LogP) is 1.95. The Hall–Kier alpha value is -0.610. The Balaban J connectivity index is 1.86. The van der Waals surface area contributed by atoms with Gasteiger partial charge in [0, 0.05) is 18.7 Å². The number of amides is 2. The number of carbonyl (C=O) groups excluding carboxylic acids is 2. The van der Waals surface area contributed by atoms with Gasteiger partial charge in [-0.15, -0.1) is 11.6 Å². The molecule has 0 N–H and O–H groups in total. The highest BCUT2D eigenvalue weighted by Crippen LogP contribution is 2.46. The average Bonchev–Trinajstić information content (AvgIpc) is 2.75. The molecule has 1 saturated heterocycles. The molecule has 1 aliphatic carbocycles. The van der Waals surface area contributed by atoms with E-state index in [4.69, 9.17) is 16.3 Å². The van der Waals surface area contributed by atoms with E-state index in [1.807, 2.05) is 0 Å². The van der Waals surface area contributed by atoms with Gasteiger partial charge in [0.2, 0.25) is 11.8 Å². The smallest absolute Gasteiger partial charge is 0.229 e. The number of piperidine rings is 1. The zero-order chi connectivity index (χ0) is 13.0. The number of ether oxygens (including phenoxy) is 1. The summed E-state index contributed by atoms with van der Waals surface area (Å²) in [6, 6.07) is 0. The van der Waals surface area contributed by atoms with Gasteiger partial charge in [-0.25, -0.2) is 0 Å². The Morgan fingerprint density at radius 3 is 2.28 bits per heavy atom. The molecule has 0 radical (unpaired) electrons. The molecule has 5 heteroatoms. The molecule has 1 saturated carbocycles. The number of halogens is 1. The minimum absolute atomic E-state index is 0.0122. The molecule has 1 aliphatic heterocycles. The number of alkyl halides is 1. The lowest BCUT2D eigenvalue weighted by Gasteiger charge is -2.37. The molecule has 2 aliphatic rings. The fourth-order valence-electron chi connectivity index (χ4n) is 3.07. The maximum Gasteiger partial charge on any atom is 0.229 e. The summed E-state index contributed by atoms with van der Waals surface area (Å²) < 4.78 is 5.22. The number of nitrogens with zero attached hydrogens (tertiary/aromatic N) is 1. The molecule has 1 spiro atoms. The predicted molar refractivity (Wildman–Crippen MR) is 68.4 cm³/mol. The summed E-state index contributed by atoms with van der Waals surface area (Å²) >= 11 is 5.49. The van der Waals surface area contributed by atoms with Gasteiger partial charge in [-0.1, -0.05) is 12.8 Å².